The minimum atomic E-state index is -0.982. The molecule has 0 radical (unpaired) electrons. The molecule has 1 aromatic carbocycles. The van der Waals surface area contributed by atoms with E-state index in [-0.39, 0.29) is 5.56 Å². The quantitative estimate of drug-likeness (QED) is 0.929. The van der Waals surface area contributed by atoms with Crippen LogP contribution in [0.5, 0.6) is 0 Å². The summed E-state index contributed by atoms with van der Waals surface area (Å²) in [4.78, 5) is 17.4. The summed E-state index contributed by atoms with van der Waals surface area (Å²) in [6, 6.07) is 9.69. The van der Waals surface area contributed by atoms with Crippen molar-refractivity contribution in [1.82, 2.24) is 4.98 Å². The van der Waals surface area contributed by atoms with Gasteiger partial charge < -0.3 is 10.0 Å². The van der Waals surface area contributed by atoms with Crippen molar-refractivity contribution in [3.8, 4) is 0 Å². The molecule has 20 heavy (non-hydrogen) atoms. The Morgan fingerprint density at radius 2 is 2.15 bits per heavy atom. The van der Waals surface area contributed by atoms with Gasteiger partial charge in [0.25, 0.3) is 0 Å². The third-order valence-electron chi connectivity index (χ3n) is 2.93. The number of carboxylic acids is 1. The SMILES string of the molecule is Cc1cccc(CN(C)c2ncc(Br)cc2C(=O)O)c1. The van der Waals surface area contributed by atoms with Crippen LogP contribution in [0.3, 0.4) is 0 Å². The molecule has 1 N–H and O–H groups in total. The van der Waals surface area contributed by atoms with E-state index < -0.39 is 5.97 Å². The molecule has 0 aliphatic heterocycles. The third kappa shape index (κ3) is 3.36. The van der Waals surface area contributed by atoms with E-state index in [0.29, 0.717) is 16.8 Å². The van der Waals surface area contributed by atoms with E-state index >= 15 is 0 Å². The molecule has 0 atom stereocenters. The molecule has 4 nitrogen and oxygen atoms in total. The average Bonchev–Trinajstić information content (AvgIpc) is 2.38. The summed E-state index contributed by atoms with van der Waals surface area (Å²) in [6.45, 7) is 2.64. The van der Waals surface area contributed by atoms with E-state index in [9.17, 15) is 9.90 Å². The van der Waals surface area contributed by atoms with Crippen LogP contribution in [0.4, 0.5) is 5.82 Å². The van der Waals surface area contributed by atoms with Crippen molar-refractivity contribution in [2.45, 2.75) is 13.5 Å². The smallest absolute Gasteiger partial charge is 0.339 e. The van der Waals surface area contributed by atoms with Crippen molar-refractivity contribution in [2.24, 2.45) is 0 Å². The van der Waals surface area contributed by atoms with Crippen molar-refractivity contribution in [3.05, 3.63) is 57.7 Å². The molecule has 0 amide bonds. The highest BCUT2D eigenvalue weighted by atomic mass is 79.9. The Morgan fingerprint density at radius 3 is 2.80 bits per heavy atom. The van der Waals surface area contributed by atoms with Gasteiger partial charge in [0, 0.05) is 24.3 Å². The van der Waals surface area contributed by atoms with Gasteiger partial charge in [-0.3, -0.25) is 0 Å². The van der Waals surface area contributed by atoms with Crippen LogP contribution in [0.15, 0.2) is 41.0 Å². The number of carbonyl (C=O) groups is 1. The predicted molar refractivity (Wildman–Crippen MR) is 82.2 cm³/mol. The maximum Gasteiger partial charge on any atom is 0.339 e. The zero-order chi connectivity index (χ0) is 14.7. The molecule has 5 heteroatoms. The molecular weight excluding hydrogens is 320 g/mol. The van der Waals surface area contributed by atoms with Gasteiger partial charge in [0.2, 0.25) is 0 Å². The molecule has 0 aliphatic rings. The lowest BCUT2D eigenvalue weighted by molar-refractivity contribution is 0.0697. The van der Waals surface area contributed by atoms with E-state index in [4.69, 9.17) is 0 Å². The summed E-state index contributed by atoms with van der Waals surface area (Å²) in [7, 11) is 1.84. The first-order valence-electron chi connectivity index (χ1n) is 6.13. The largest absolute Gasteiger partial charge is 0.478 e. The number of benzene rings is 1. The number of anilines is 1. The monoisotopic (exact) mass is 334 g/mol. The molecule has 0 saturated heterocycles. The first-order valence-corrected chi connectivity index (χ1v) is 6.92. The van der Waals surface area contributed by atoms with Crippen LogP contribution in [0.1, 0.15) is 21.5 Å². The third-order valence-corrected chi connectivity index (χ3v) is 3.36. The summed E-state index contributed by atoms with van der Waals surface area (Å²) in [6.07, 6.45) is 1.61. The highest BCUT2D eigenvalue weighted by molar-refractivity contribution is 9.10. The van der Waals surface area contributed by atoms with Crippen LogP contribution in [0.2, 0.25) is 0 Å². The Kier molecular flexibility index (Phi) is 4.39. The molecule has 0 aliphatic carbocycles. The van der Waals surface area contributed by atoms with E-state index in [0.717, 1.165) is 5.56 Å². The molecule has 0 spiro atoms. The van der Waals surface area contributed by atoms with Gasteiger partial charge in [0.1, 0.15) is 11.4 Å². The molecule has 2 rings (SSSR count). The van der Waals surface area contributed by atoms with Crippen LogP contribution in [0.25, 0.3) is 0 Å². The van der Waals surface area contributed by atoms with Crippen molar-refractivity contribution >= 4 is 27.7 Å². The van der Waals surface area contributed by atoms with Gasteiger partial charge >= 0.3 is 5.97 Å². The van der Waals surface area contributed by atoms with Gasteiger partial charge in [-0.05, 0) is 34.5 Å². The number of pyridine rings is 1. The van der Waals surface area contributed by atoms with E-state index in [1.165, 1.54) is 5.56 Å². The van der Waals surface area contributed by atoms with Gasteiger partial charge in [0.15, 0.2) is 0 Å². The predicted octanol–water partition coefficient (Wildman–Crippen LogP) is 3.49. The Morgan fingerprint density at radius 1 is 1.40 bits per heavy atom. The highest BCUT2D eigenvalue weighted by Gasteiger charge is 2.16. The number of aromatic carboxylic acids is 1. The molecular formula is C15H15BrN2O2. The standard InChI is InChI=1S/C15H15BrN2O2/c1-10-4-3-5-11(6-10)9-18(2)14-13(15(19)20)7-12(16)8-17-14/h3-8H,9H2,1-2H3,(H,19,20). The molecule has 0 bridgehead atoms. The topological polar surface area (TPSA) is 53.4 Å². The maximum absolute atomic E-state index is 11.3. The van der Waals surface area contributed by atoms with Gasteiger partial charge in [-0.2, -0.15) is 0 Å². The van der Waals surface area contributed by atoms with Crippen LogP contribution >= 0.6 is 15.9 Å². The lowest BCUT2D eigenvalue weighted by atomic mass is 10.1. The van der Waals surface area contributed by atoms with Crippen LogP contribution in [-0.4, -0.2) is 23.1 Å². The summed E-state index contributed by atoms with van der Waals surface area (Å²) < 4.78 is 0.655. The number of rotatable bonds is 4. The average molecular weight is 335 g/mol. The van der Waals surface area contributed by atoms with Crippen LogP contribution in [-0.2, 0) is 6.54 Å². The maximum atomic E-state index is 11.3. The lowest BCUT2D eigenvalue weighted by Gasteiger charge is -2.20. The number of hydrogen-bond donors (Lipinski definition) is 1. The Labute approximate surface area is 126 Å². The number of aromatic nitrogens is 1. The Bertz CT molecular complexity index is 644. The fraction of sp³-hybridized carbons (Fsp3) is 0.200. The van der Waals surface area contributed by atoms with Gasteiger partial charge in [-0.1, -0.05) is 29.8 Å². The van der Waals surface area contributed by atoms with Crippen molar-refractivity contribution in [1.29, 1.82) is 0 Å². The first-order chi connectivity index (χ1) is 9.47. The van der Waals surface area contributed by atoms with Gasteiger partial charge in [-0.15, -0.1) is 0 Å². The molecule has 1 aromatic heterocycles. The molecule has 104 valence electrons. The summed E-state index contributed by atoms with van der Waals surface area (Å²) in [5, 5.41) is 9.26. The van der Waals surface area contributed by atoms with Crippen molar-refractivity contribution < 1.29 is 9.90 Å². The minimum Gasteiger partial charge on any atom is -0.478 e. The molecule has 0 unspecified atom stereocenters. The van der Waals surface area contributed by atoms with E-state index in [2.05, 4.69) is 27.0 Å². The zero-order valence-corrected chi connectivity index (χ0v) is 12.9. The number of carboxylic acid groups (broad SMARTS) is 1. The lowest BCUT2D eigenvalue weighted by Crippen LogP contribution is -2.20. The second kappa shape index (κ2) is 6.05. The zero-order valence-electron chi connectivity index (χ0n) is 11.3. The molecule has 0 saturated carbocycles. The summed E-state index contributed by atoms with van der Waals surface area (Å²) >= 11 is 3.25. The number of hydrogen-bond acceptors (Lipinski definition) is 3. The molecule has 2 aromatic rings. The first kappa shape index (κ1) is 14.5. The summed E-state index contributed by atoms with van der Waals surface area (Å²) in [5.74, 6) is -0.521. The second-order valence-corrected chi connectivity index (χ2v) is 5.59. The number of halogens is 1. The Balaban J connectivity index is 2.29. The van der Waals surface area contributed by atoms with Gasteiger partial charge in [-0.25, -0.2) is 9.78 Å². The second-order valence-electron chi connectivity index (χ2n) is 4.67. The van der Waals surface area contributed by atoms with E-state index in [1.54, 1.807) is 12.3 Å². The Hall–Kier alpha value is -1.88. The molecule has 0 fully saturated rings. The highest BCUT2D eigenvalue weighted by Crippen LogP contribution is 2.22. The fourth-order valence-electron chi connectivity index (χ4n) is 2.05. The normalized spacial score (nSPS) is 10.3. The minimum absolute atomic E-state index is 0.189. The van der Waals surface area contributed by atoms with Crippen LogP contribution in [0, 0.1) is 6.92 Å². The number of aryl methyl sites for hydroxylation is 1. The van der Waals surface area contributed by atoms with Crippen LogP contribution < -0.4 is 4.90 Å². The van der Waals surface area contributed by atoms with Crippen molar-refractivity contribution in [3.63, 3.8) is 0 Å². The van der Waals surface area contributed by atoms with E-state index in [1.807, 2.05) is 37.1 Å². The molecule has 1 heterocycles. The van der Waals surface area contributed by atoms with Crippen molar-refractivity contribution in [2.75, 3.05) is 11.9 Å². The summed E-state index contributed by atoms with van der Waals surface area (Å²) in [5.41, 5.74) is 2.49. The fourth-order valence-corrected chi connectivity index (χ4v) is 2.38. The number of nitrogens with zero attached hydrogens (tertiary/aromatic N) is 2. The van der Waals surface area contributed by atoms with Gasteiger partial charge in [0.05, 0.1) is 0 Å².